The van der Waals surface area contributed by atoms with Crippen LogP contribution in [0.25, 0.3) is 0 Å². The number of fused-ring (bicyclic) bond motifs is 1. The molecule has 0 aromatic carbocycles. The van der Waals surface area contributed by atoms with Crippen molar-refractivity contribution in [1.82, 2.24) is 9.78 Å². The average molecular weight is 275 g/mol. The first kappa shape index (κ1) is 9.24. The van der Waals surface area contributed by atoms with Crippen molar-refractivity contribution in [1.29, 1.82) is 0 Å². The predicted octanol–water partition coefficient (Wildman–Crippen LogP) is 1.91. The number of hydrogen-bond donors (Lipinski definition) is 0. The summed E-state index contributed by atoms with van der Waals surface area (Å²) in [5.74, 6) is 2.31. The van der Waals surface area contributed by atoms with Gasteiger partial charge in [0.1, 0.15) is 11.7 Å². The fraction of sp³-hybridized carbons (Fsp3) is 0.667. The van der Waals surface area contributed by atoms with Crippen molar-refractivity contribution in [3.05, 3.63) is 16.4 Å². The summed E-state index contributed by atoms with van der Waals surface area (Å²) in [6.07, 6.45) is 3.37. The first-order valence-electron chi connectivity index (χ1n) is 4.67. The lowest BCUT2D eigenvalue weighted by atomic mass is 9.98. The van der Waals surface area contributed by atoms with E-state index in [4.69, 9.17) is 4.74 Å². The molecule has 3 nitrogen and oxygen atoms in total. The molecule has 76 valence electrons. The molecule has 2 unspecified atom stereocenters. The summed E-state index contributed by atoms with van der Waals surface area (Å²) in [4.78, 5) is 0. The fourth-order valence-electron chi connectivity index (χ4n) is 2.24. The standard InChI is InChI=1S/C9H11BrN2OS/c1-12-8(6(10)4-11-12)9-2-3-14-5-7(9)13-9/h4,7H,2-3,5H2,1H3. The second-order valence-corrected chi connectivity index (χ2v) is 5.79. The van der Waals surface area contributed by atoms with Crippen LogP contribution in [0.4, 0.5) is 0 Å². The molecule has 2 aliphatic rings. The van der Waals surface area contributed by atoms with Gasteiger partial charge in [0.05, 0.1) is 16.4 Å². The summed E-state index contributed by atoms with van der Waals surface area (Å²) in [7, 11) is 1.98. The van der Waals surface area contributed by atoms with E-state index < -0.39 is 0 Å². The number of aryl methyl sites for hydroxylation is 1. The molecule has 2 saturated heterocycles. The number of aromatic nitrogens is 2. The predicted molar refractivity (Wildman–Crippen MR) is 59.4 cm³/mol. The Kier molecular flexibility index (Phi) is 1.98. The minimum atomic E-state index is -0.0185. The van der Waals surface area contributed by atoms with Crippen LogP contribution < -0.4 is 0 Å². The largest absolute Gasteiger partial charge is 0.358 e. The molecular formula is C9H11BrN2OS. The minimum absolute atomic E-state index is 0.0185. The molecule has 1 aromatic heterocycles. The van der Waals surface area contributed by atoms with E-state index in [0.717, 1.165) is 16.6 Å². The lowest BCUT2D eigenvalue weighted by molar-refractivity contribution is 0.283. The molecule has 0 N–H and O–H groups in total. The van der Waals surface area contributed by atoms with Crippen LogP contribution in [0, 0.1) is 0 Å². The molecule has 0 spiro atoms. The zero-order valence-corrected chi connectivity index (χ0v) is 10.3. The molecule has 0 amide bonds. The van der Waals surface area contributed by atoms with Gasteiger partial charge in [-0.25, -0.2) is 0 Å². The van der Waals surface area contributed by atoms with E-state index in [9.17, 15) is 0 Å². The van der Waals surface area contributed by atoms with Gasteiger partial charge >= 0.3 is 0 Å². The zero-order valence-electron chi connectivity index (χ0n) is 7.86. The highest BCUT2D eigenvalue weighted by Gasteiger charge is 2.61. The summed E-state index contributed by atoms with van der Waals surface area (Å²) in [5, 5.41) is 4.25. The van der Waals surface area contributed by atoms with Crippen LogP contribution in [0.1, 0.15) is 12.1 Å². The molecule has 1 aromatic rings. The second kappa shape index (κ2) is 3.00. The quantitative estimate of drug-likeness (QED) is 0.733. The van der Waals surface area contributed by atoms with E-state index in [2.05, 4.69) is 21.0 Å². The van der Waals surface area contributed by atoms with E-state index in [-0.39, 0.29) is 5.60 Å². The van der Waals surface area contributed by atoms with Crippen molar-refractivity contribution >= 4 is 27.7 Å². The third-order valence-corrected chi connectivity index (χ3v) is 4.61. The van der Waals surface area contributed by atoms with Gasteiger partial charge in [-0.15, -0.1) is 0 Å². The molecule has 0 bridgehead atoms. The number of nitrogens with zero attached hydrogens (tertiary/aromatic N) is 2. The van der Waals surface area contributed by atoms with Gasteiger partial charge in [-0.2, -0.15) is 16.9 Å². The molecule has 14 heavy (non-hydrogen) atoms. The van der Waals surface area contributed by atoms with Gasteiger partial charge in [0.25, 0.3) is 0 Å². The number of ether oxygens (including phenoxy) is 1. The Morgan fingerprint density at radius 2 is 2.64 bits per heavy atom. The first-order chi connectivity index (χ1) is 6.74. The van der Waals surface area contributed by atoms with Gasteiger partial charge in [0.2, 0.25) is 0 Å². The van der Waals surface area contributed by atoms with E-state index in [1.54, 1.807) is 0 Å². The molecular weight excluding hydrogens is 264 g/mol. The van der Waals surface area contributed by atoms with Gasteiger partial charge in [-0.3, -0.25) is 4.68 Å². The van der Waals surface area contributed by atoms with Crippen LogP contribution >= 0.6 is 27.7 Å². The Labute approximate surface area is 95.3 Å². The van der Waals surface area contributed by atoms with Gasteiger partial charge in [0, 0.05) is 12.8 Å². The molecule has 0 radical (unpaired) electrons. The van der Waals surface area contributed by atoms with E-state index >= 15 is 0 Å². The summed E-state index contributed by atoms with van der Waals surface area (Å²) >= 11 is 5.53. The summed E-state index contributed by atoms with van der Waals surface area (Å²) < 4.78 is 8.87. The SMILES string of the molecule is Cn1ncc(Br)c1C12CCSCC1O2. The van der Waals surface area contributed by atoms with Crippen LogP contribution in [-0.2, 0) is 17.4 Å². The highest BCUT2D eigenvalue weighted by atomic mass is 79.9. The van der Waals surface area contributed by atoms with Crippen molar-refractivity contribution in [2.75, 3.05) is 11.5 Å². The molecule has 2 atom stereocenters. The number of halogens is 1. The zero-order chi connectivity index (χ0) is 9.76. The number of thioether (sulfide) groups is 1. The van der Waals surface area contributed by atoms with Crippen molar-refractivity contribution in [3.63, 3.8) is 0 Å². The van der Waals surface area contributed by atoms with Gasteiger partial charge in [-0.05, 0) is 28.1 Å². The Bertz CT molecular complexity index is 361. The molecule has 3 heterocycles. The third kappa shape index (κ3) is 1.12. The number of rotatable bonds is 1. The van der Waals surface area contributed by atoms with Crippen LogP contribution in [0.15, 0.2) is 10.7 Å². The van der Waals surface area contributed by atoms with Crippen molar-refractivity contribution in [2.45, 2.75) is 18.1 Å². The van der Waals surface area contributed by atoms with Crippen molar-refractivity contribution in [3.8, 4) is 0 Å². The van der Waals surface area contributed by atoms with Crippen LogP contribution in [0.2, 0.25) is 0 Å². The van der Waals surface area contributed by atoms with Crippen LogP contribution in [0.5, 0.6) is 0 Å². The third-order valence-electron chi connectivity index (χ3n) is 3.00. The highest BCUT2D eigenvalue weighted by molar-refractivity contribution is 9.10. The molecule has 0 aliphatic carbocycles. The maximum absolute atomic E-state index is 5.86. The molecule has 0 saturated carbocycles. The molecule has 5 heteroatoms. The normalized spacial score (nSPS) is 35.4. The monoisotopic (exact) mass is 274 g/mol. The molecule has 2 aliphatic heterocycles. The number of epoxide rings is 1. The van der Waals surface area contributed by atoms with E-state index in [0.29, 0.717) is 6.10 Å². The lowest BCUT2D eigenvalue weighted by Gasteiger charge is -2.17. The second-order valence-electron chi connectivity index (χ2n) is 3.79. The van der Waals surface area contributed by atoms with Crippen LogP contribution in [-0.4, -0.2) is 27.4 Å². The van der Waals surface area contributed by atoms with Gasteiger partial charge < -0.3 is 4.74 Å². The Morgan fingerprint density at radius 1 is 1.79 bits per heavy atom. The maximum atomic E-state index is 5.86. The number of hydrogen-bond acceptors (Lipinski definition) is 3. The van der Waals surface area contributed by atoms with E-state index in [1.807, 2.05) is 29.7 Å². The first-order valence-corrected chi connectivity index (χ1v) is 6.62. The fourth-order valence-corrected chi connectivity index (χ4v) is 4.09. The summed E-state index contributed by atoms with van der Waals surface area (Å²) in [6.45, 7) is 0. The topological polar surface area (TPSA) is 30.4 Å². The van der Waals surface area contributed by atoms with Crippen LogP contribution in [0.3, 0.4) is 0 Å². The molecule has 3 rings (SSSR count). The maximum Gasteiger partial charge on any atom is 0.139 e. The lowest BCUT2D eigenvalue weighted by Crippen LogP contribution is -2.23. The average Bonchev–Trinajstić information content (AvgIpc) is 2.81. The Balaban J connectivity index is 2.03. The van der Waals surface area contributed by atoms with Crippen molar-refractivity contribution in [2.24, 2.45) is 7.05 Å². The van der Waals surface area contributed by atoms with E-state index in [1.165, 1.54) is 11.4 Å². The van der Waals surface area contributed by atoms with Gasteiger partial charge in [-0.1, -0.05) is 0 Å². The van der Waals surface area contributed by atoms with Gasteiger partial charge in [0.15, 0.2) is 0 Å². The smallest absolute Gasteiger partial charge is 0.139 e. The van der Waals surface area contributed by atoms with Crippen molar-refractivity contribution < 1.29 is 4.74 Å². The summed E-state index contributed by atoms with van der Waals surface area (Å²) in [6, 6.07) is 0. The Hall–Kier alpha value is -0.0000000000000000763. The molecule has 2 fully saturated rings. The highest BCUT2D eigenvalue weighted by Crippen LogP contribution is 2.55. The summed E-state index contributed by atoms with van der Waals surface area (Å²) in [5.41, 5.74) is 1.19. The minimum Gasteiger partial charge on any atom is -0.358 e. The Morgan fingerprint density at radius 3 is 3.29 bits per heavy atom.